The number of sulfonamides is 1. The highest BCUT2D eigenvalue weighted by Gasteiger charge is 2.32. The maximum Gasteiger partial charge on any atom is 0.291 e. The summed E-state index contributed by atoms with van der Waals surface area (Å²) in [4.78, 5) is 12.4. The number of ether oxygens (including phenoxy) is 1. The fourth-order valence-corrected chi connectivity index (χ4v) is 3.10. The average Bonchev–Trinajstić information content (AvgIpc) is 3.07. The van der Waals surface area contributed by atoms with Crippen molar-refractivity contribution in [2.75, 3.05) is 11.6 Å². The number of amides is 1. The molecule has 0 radical (unpaired) electrons. The second-order valence-corrected chi connectivity index (χ2v) is 8.48. The standard InChI is InChI=1S/C17H20N2O5S/c1-17(2)9-11-5-4-6-13(15(11)24-17)19-16(20)14-8-7-12(23-14)10-18-25(3,21)22/h4-8,18H,9-10H2,1-3H3,(H,19,20). The van der Waals surface area contributed by atoms with Crippen LogP contribution in [0.3, 0.4) is 0 Å². The summed E-state index contributed by atoms with van der Waals surface area (Å²) in [7, 11) is -3.33. The van der Waals surface area contributed by atoms with Gasteiger partial charge >= 0.3 is 0 Å². The molecular weight excluding hydrogens is 344 g/mol. The van der Waals surface area contributed by atoms with Gasteiger partial charge in [0.25, 0.3) is 5.91 Å². The molecule has 7 nitrogen and oxygen atoms in total. The SMILES string of the molecule is CC1(C)Cc2cccc(NC(=O)c3ccc(CNS(C)(=O)=O)o3)c2O1. The van der Waals surface area contributed by atoms with Crippen LogP contribution in [0.25, 0.3) is 0 Å². The predicted octanol–water partition coefficient (Wildman–Crippen LogP) is 2.29. The number of rotatable bonds is 5. The fraction of sp³-hybridized carbons (Fsp3) is 0.353. The molecule has 0 saturated carbocycles. The third kappa shape index (κ3) is 4.21. The highest BCUT2D eigenvalue weighted by molar-refractivity contribution is 7.88. The number of furan rings is 1. The van der Waals surface area contributed by atoms with Gasteiger partial charge in [-0.25, -0.2) is 13.1 Å². The summed E-state index contributed by atoms with van der Waals surface area (Å²) in [6, 6.07) is 8.67. The molecule has 0 bridgehead atoms. The Labute approximate surface area is 146 Å². The van der Waals surface area contributed by atoms with Crippen LogP contribution in [0.2, 0.25) is 0 Å². The van der Waals surface area contributed by atoms with Gasteiger partial charge in [-0.15, -0.1) is 0 Å². The van der Waals surface area contributed by atoms with Crippen molar-refractivity contribution in [1.29, 1.82) is 0 Å². The minimum Gasteiger partial charge on any atom is -0.485 e. The van der Waals surface area contributed by atoms with Gasteiger partial charge in [0.1, 0.15) is 17.1 Å². The molecule has 2 N–H and O–H groups in total. The number of benzene rings is 1. The van der Waals surface area contributed by atoms with Gasteiger partial charge in [-0.2, -0.15) is 0 Å². The van der Waals surface area contributed by atoms with E-state index in [-0.39, 0.29) is 17.9 Å². The Morgan fingerprint density at radius 1 is 1.24 bits per heavy atom. The smallest absolute Gasteiger partial charge is 0.291 e. The third-order valence-corrected chi connectivity index (χ3v) is 4.40. The van der Waals surface area contributed by atoms with E-state index in [1.54, 1.807) is 12.1 Å². The molecule has 25 heavy (non-hydrogen) atoms. The van der Waals surface area contributed by atoms with Gasteiger partial charge in [-0.3, -0.25) is 4.79 Å². The van der Waals surface area contributed by atoms with Crippen molar-refractivity contribution >= 4 is 21.6 Å². The van der Waals surface area contributed by atoms with Crippen molar-refractivity contribution in [3.8, 4) is 5.75 Å². The Kier molecular flexibility index (Phi) is 4.34. The maximum absolute atomic E-state index is 12.4. The third-order valence-electron chi connectivity index (χ3n) is 3.73. The van der Waals surface area contributed by atoms with Crippen LogP contribution in [0.5, 0.6) is 5.75 Å². The molecule has 0 saturated heterocycles. The van der Waals surface area contributed by atoms with Crippen molar-refractivity contribution in [1.82, 2.24) is 4.72 Å². The van der Waals surface area contributed by atoms with E-state index in [4.69, 9.17) is 9.15 Å². The van der Waals surface area contributed by atoms with Crippen LogP contribution in [0.4, 0.5) is 5.69 Å². The zero-order valence-corrected chi connectivity index (χ0v) is 15.1. The van der Waals surface area contributed by atoms with Gasteiger partial charge in [-0.1, -0.05) is 12.1 Å². The first kappa shape index (κ1) is 17.5. The summed E-state index contributed by atoms with van der Waals surface area (Å²) in [5, 5.41) is 2.79. The number of hydrogen-bond acceptors (Lipinski definition) is 5. The molecule has 2 heterocycles. The summed E-state index contributed by atoms with van der Waals surface area (Å²) >= 11 is 0. The van der Waals surface area contributed by atoms with E-state index < -0.39 is 15.9 Å². The van der Waals surface area contributed by atoms with Gasteiger partial charge < -0.3 is 14.5 Å². The average molecular weight is 364 g/mol. The van der Waals surface area contributed by atoms with E-state index in [1.807, 2.05) is 26.0 Å². The summed E-state index contributed by atoms with van der Waals surface area (Å²) in [5.41, 5.74) is 1.32. The van der Waals surface area contributed by atoms with Crippen LogP contribution in [0, 0.1) is 0 Å². The molecule has 0 fully saturated rings. The summed E-state index contributed by atoms with van der Waals surface area (Å²) < 4.78 is 35.8. The molecule has 1 aliphatic heterocycles. The first-order valence-corrected chi connectivity index (χ1v) is 9.68. The molecular formula is C17H20N2O5S. The molecule has 0 spiro atoms. The lowest BCUT2D eigenvalue weighted by molar-refractivity contribution is 0.0992. The monoisotopic (exact) mass is 364 g/mol. The largest absolute Gasteiger partial charge is 0.485 e. The van der Waals surface area contributed by atoms with Gasteiger partial charge in [0.2, 0.25) is 10.0 Å². The molecule has 0 atom stereocenters. The van der Waals surface area contributed by atoms with Gasteiger partial charge in [0, 0.05) is 12.0 Å². The van der Waals surface area contributed by atoms with Crippen molar-refractivity contribution < 1.29 is 22.4 Å². The molecule has 1 aliphatic rings. The first-order valence-electron chi connectivity index (χ1n) is 7.79. The lowest BCUT2D eigenvalue weighted by Crippen LogP contribution is -2.25. The highest BCUT2D eigenvalue weighted by atomic mass is 32.2. The Hall–Kier alpha value is -2.32. The molecule has 2 aromatic rings. The molecule has 0 unspecified atom stereocenters. The number of hydrogen-bond donors (Lipinski definition) is 2. The second kappa shape index (κ2) is 6.20. The van der Waals surface area contributed by atoms with Crippen molar-refractivity contribution in [3.05, 3.63) is 47.4 Å². The van der Waals surface area contributed by atoms with Gasteiger partial charge in [0.05, 0.1) is 18.5 Å². The van der Waals surface area contributed by atoms with Crippen molar-refractivity contribution in [2.24, 2.45) is 0 Å². The van der Waals surface area contributed by atoms with E-state index in [0.717, 1.165) is 18.2 Å². The minimum atomic E-state index is -3.33. The van der Waals surface area contributed by atoms with E-state index in [1.165, 1.54) is 6.07 Å². The molecule has 3 rings (SSSR count). The number of para-hydroxylation sites is 1. The van der Waals surface area contributed by atoms with Gasteiger partial charge in [0.15, 0.2) is 5.76 Å². The molecule has 1 amide bonds. The zero-order chi connectivity index (χ0) is 18.2. The topological polar surface area (TPSA) is 97.6 Å². The number of nitrogens with one attached hydrogen (secondary N) is 2. The summed E-state index contributed by atoms with van der Waals surface area (Å²) in [6.45, 7) is 3.97. The van der Waals surface area contributed by atoms with E-state index in [0.29, 0.717) is 17.2 Å². The highest BCUT2D eigenvalue weighted by Crippen LogP contribution is 2.40. The summed E-state index contributed by atoms with van der Waals surface area (Å²) in [6.07, 6.45) is 1.83. The lowest BCUT2D eigenvalue weighted by atomic mass is 10.0. The van der Waals surface area contributed by atoms with Crippen LogP contribution in [0.1, 0.15) is 35.7 Å². The minimum absolute atomic E-state index is 0.00977. The maximum atomic E-state index is 12.4. The fourth-order valence-electron chi connectivity index (χ4n) is 2.70. The van der Waals surface area contributed by atoms with Crippen LogP contribution in [-0.2, 0) is 23.0 Å². The Bertz CT molecular complexity index is 915. The van der Waals surface area contributed by atoms with E-state index in [2.05, 4.69) is 10.0 Å². The number of anilines is 1. The van der Waals surface area contributed by atoms with Crippen LogP contribution < -0.4 is 14.8 Å². The second-order valence-electron chi connectivity index (χ2n) is 6.65. The van der Waals surface area contributed by atoms with Gasteiger partial charge in [-0.05, 0) is 32.0 Å². The Morgan fingerprint density at radius 2 is 2.00 bits per heavy atom. The van der Waals surface area contributed by atoms with E-state index in [9.17, 15) is 13.2 Å². The summed E-state index contributed by atoms with van der Waals surface area (Å²) in [5.74, 6) is 0.699. The predicted molar refractivity (Wildman–Crippen MR) is 93.2 cm³/mol. The molecule has 8 heteroatoms. The van der Waals surface area contributed by atoms with Crippen molar-refractivity contribution in [3.63, 3.8) is 0 Å². The number of fused-ring (bicyclic) bond motifs is 1. The molecule has 134 valence electrons. The molecule has 0 aliphatic carbocycles. The molecule has 1 aromatic carbocycles. The van der Waals surface area contributed by atoms with Crippen LogP contribution >= 0.6 is 0 Å². The lowest BCUT2D eigenvalue weighted by Gasteiger charge is -2.18. The first-order chi connectivity index (χ1) is 11.6. The van der Waals surface area contributed by atoms with Crippen LogP contribution in [-0.4, -0.2) is 26.2 Å². The Balaban J connectivity index is 1.72. The number of carbonyl (C=O) groups is 1. The zero-order valence-electron chi connectivity index (χ0n) is 14.3. The Morgan fingerprint density at radius 3 is 2.72 bits per heavy atom. The quantitative estimate of drug-likeness (QED) is 0.848. The van der Waals surface area contributed by atoms with Crippen LogP contribution in [0.15, 0.2) is 34.7 Å². The normalized spacial score (nSPS) is 15.5. The number of carbonyl (C=O) groups excluding carboxylic acids is 1. The van der Waals surface area contributed by atoms with Crippen molar-refractivity contribution in [2.45, 2.75) is 32.4 Å². The molecule has 1 aromatic heterocycles. The van der Waals surface area contributed by atoms with E-state index >= 15 is 0 Å².